The van der Waals surface area contributed by atoms with E-state index >= 15 is 0 Å². The quantitative estimate of drug-likeness (QED) is 0.397. The smallest absolute Gasteiger partial charge is 0.407 e. The van der Waals surface area contributed by atoms with Crippen LogP contribution in [0.3, 0.4) is 0 Å². The first-order valence-corrected chi connectivity index (χ1v) is 13.5. The standard InChI is InChI=1S/C29H33N9O3/c1-15(2)23-25(16(3)8-9-31-23)38-27-21(10-20(11-30)24(32-27)22-14-35(7)34-19(22)6)26(33-28(38)39)36-12-18(5)37(29(40)41)13-17(36)4/h8-10,14-15,17-18H,12-13H2,1-7H3,(H,40,41)/t17-,18+/m0/s1. The molecule has 4 aromatic heterocycles. The van der Waals surface area contributed by atoms with Crippen molar-refractivity contribution in [3.63, 3.8) is 0 Å². The third-order valence-corrected chi connectivity index (χ3v) is 7.67. The number of pyridine rings is 2. The highest BCUT2D eigenvalue weighted by Gasteiger charge is 2.34. The molecule has 1 amide bonds. The van der Waals surface area contributed by atoms with E-state index in [4.69, 9.17) is 4.98 Å². The topological polar surface area (TPSA) is 146 Å². The second-order valence-corrected chi connectivity index (χ2v) is 11.0. The van der Waals surface area contributed by atoms with Crippen molar-refractivity contribution >= 4 is 22.9 Å². The van der Waals surface area contributed by atoms with Gasteiger partial charge < -0.3 is 14.9 Å². The minimum Gasteiger partial charge on any atom is -0.465 e. The van der Waals surface area contributed by atoms with Gasteiger partial charge in [-0.3, -0.25) is 9.67 Å². The monoisotopic (exact) mass is 555 g/mol. The Bertz CT molecular complexity index is 1780. The molecular weight excluding hydrogens is 522 g/mol. The Balaban J connectivity index is 1.88. The molecule has 41 heavy (non-hydrogen) atoms. The van der Waals surface area contributed by atoms with Crippen LogP contribution in [-0.4, -0.2) is 70.6 Å². The molecule has 1 saturated heterocycles. The van der Waals surface area contributed by atoms with E-state index in [0.717, 1.165) is 11.3 Å². The Labute approximate surface area is 237 Å². The summed E-state index contributed by atoms with van der Waals surface area (Å²) >= 11 is 0. The maximum Gasteiger partial charge on any atom is 0.407 e. The molecule has 5 heterocycles. The van der Waals surface area contributed by atoms with E-state index < -0.39 is 11.8 Å². The summed E-state index contributed by atoms with van der Waals surface area (Å²) in [6.45, 7) is 12.1. The van der Waals surface area contributed by atoms with E-state index in [1.54, 1.807) is 30.2 Å². The molecule has 12 nitrogen and oxygen atoms in total. The normalized spacial score (nSPS) is 17.3. The zero-order valence-electron chi connectivity index (χ0n) is 24.2. The number of aryl methyl sites for hydroxylation is 3. The van der Waals surface area contributed by atoms with Crippen LogP contribution < -0.4 is 10.6 Å². The van der Waals surface area contributed by atoms with E-state index in [9.17, 15) is 20.0 Å². The lowest BCUT2D eigenvalue weighted by atomic mass is 10.0. The van der Waals surface area contributed by atoms with Crippen LogP contribution in [0.1, 0.15) is 56.1 Å². The highest BCUT2D eigenvalue weighted by molar-refractivity contribution is 5.92. The van der Waals surface area contributed by atoms with Crippen molar-refractivity contribution in [2.24, 2.45) is 7.05 Å². The lowest BCUT2D eigenvalue weighted by molar-refractivity contribution is 0.114. The highest BCUT2D eigenvalue weighted by atomic mass is 16.4. The van der Waals surface area contributed by atoms with Crippen molar-refractivity contribution in [3.8, 4) is 23.0 Å². The third kappa shape index (κ3) is 4.67. The summed E-state index contributed by atoms with van der Waals surface area (Å²) in [4.78, 5) is 43.3. The molecule has 12 heteroatoms. The molecule has 212 valence electrons. The fourth-order valence-corrected chi connectivity index (χ4v) is 5.65. The molecule has 0 unspecified atom stereocenters. The average Bonchev–Trinajstić information content (AvgIpc) is 3.26. The van der Waals surface area contributed by atoms with Gasteiger partial charge in [-0.2, -0.15) is 15.3 Å². The number of anilines is 1. The van der Waals surface area contributed by atoms with Gasteiger partial charge in [0, 0.05) is 50.2 Å². The molecular formula is C29H33N9O3. The lowest BCUT2D eigenvalue weighted by Crippen LogP contribution is -2.58. The highest BCUT2D eigenvalue weighted by Crippen LogP contribution is 2.34. The molecule has 0 bridgehead atoms. The number of nitriles is 1. The largest absolute Gasteiger partial charge is 0.465 e. The maximum atomic E-state index is 14.0. The van der Waals surface area contributed by atoms with Crippen molar-refractivity contribution in [2.75, 3.05) is 18.0 Å². The van der Waals surface area contributed by atoms with Gasteiger partial charge in [0.15, 0.2) is 5.65 Å². The molecule has 5 rings (SSSR count). The van der Waals surface area contributed by atoms with Gasteiger partial charge in [0.2, 0.25) is 0 Å². The predicted molar refractivity (Wildman–Crippen MR) is 154 cm³/mol. The van der Waals surface area contributed by atoms with E-state index in [1.165, 1.54) is 9.47 Å². The molecule has 0 spiro atoms. The Hall–Kier alpha value is -4.79. The van der Waals surface area contributed by atoms with E-state index in [-0.39, 0.29) is 24.5 Å². The van der Waals surface area contributed by atoms with Crippen LogP contribution in [-0.2, 0) is 7.05 Å². The zero-order valence-corrected chi connectivity index (χ0v) is 24.2. The Morgan fingerprint density at radius 2 is 1.90 bits per heavy atom. The van der Waals surface area contributed by atoms with Gasteiger partial charge in [-0.05, 0) is 51.3 Å². The first-order chi connectivity index (χ1) is 19.4. The van der Waals surface area contributed by atoms with E-state index in [0.29, 0.717) is 51.6 Å². The summed E-state index contributed by atoms with van der Waals surface area (Å²) in [6, 6.07) is 5.24. The molecule has 0 aromatic carbocycles. The van der Waals surface area contributed by atoms with Crippen LogP contribution in [0, 0.1) is 25.2 Å². The SMILES string of the molecule is Cc1ccnc(C(C)C)c1-n1c(=O)nc(N2C[C@@H](C)N(C(=O)O)C[C@@H]2C)c2cc(C#N)c(-c3cn(C)nc3C)nc21. The number of carboxylic acid groups (broad SMARTS) is 1. The van der Waals surface area contributed by atoms with Crippen molar-refractivity contribution in [1.82, 2.24) is 34.2 Å². The number of aromatic nitrogens is 6. The summed E-state index contributed by atoms with van der Waals surface area (Å²) in [7, 11) is 1.80. The maximum absolute atomic E-state index is 14.0. The lowest BCUT2D eigenvalue weighted by Gasteiger charge is -2.43. The Kier molecular flexibility index (Phi) is 6.98. The van der Waals surface area contributed by atoms with E-state index in [1.807, 2.05) is 52.5 Å². The minimum absolute atomic E-state index is 0.00918. The average molecular weight is 556 g/mol. The second kappa shape index (κ2) is 10.3. The number of rotatable bonds is 4. The van der Waals surface area contributed by atoms with Crippen LogP contribution >= 0.6 is 0 Å². The van der Waals surface area contributed by atoms with Gasteiger partial charge in [-0.15, -0.1) is 0 Å². The summed E-state index contributed by atoms with van der Waals surface area (Å²) in [5, 5.41) is 24.9. The number of fused-ring (bicyclic) bond motifs is 1. The summed E-state index contributed by atoms with van der Waals surface area (Å²) in [5.41, 5.74) is 4.11. The fraction of sp³-hybridized carbons (Fsp3) is 0.414. The first kappa shape index (κ1) is 27.8. The van der Waals surface area contributed by atoms with Crippen LogP contribution in [0.15, 0.2) is 29.3 Å². The molecule has 0 saturated carbocycles. The molecule has 4 aromatic rings. The van der Waals surface area contributed by atoms with Gasteiger partial charge in [-0.25, -0.2) is 19.1 Å². The number of amides is 1. The van der Waals surface area contributed by atoms with Crippen molar-refractivity contribution in [1.29, 1.82) is 5.26 Å². The second-order valence-electron chi connectivity index (χ2n) is 11.0. The predicted octanol–water partition coefficient (Wildman–Crippen LogP) is 3.77. The molecule has 1 fully saturated rings. The fourth-order valence-electron chi connectivity index (χ4n) is 5.65. The van der Waals surface area contributed by atoms with Gasteiger partial charge >= 0.3 is 11.8 Å². The van der Waals surface area contributed by atoms with Crippen LogP contribution in [0.4, 0.5) is 10.6 Å². The first-order valence-electron chi connectivity index (χ1n) is 13.5. The van der Waals surface area contributed by atoms with Crippen molar-refractivity contribution < 1.29 is 9.90 Å². The summed E-state index contributed by atoms with van der Waals surface area (Å²) in [6.07, 6.45) is 2.54. The molecule has 2 atom stereocenters. The van der Waals surface area contributed by atoms with Gasteiger partial charge in [0.25, 0.3) is 0 Å². The summed E-state index contributed by atoms with van der Waals surface area (Å²) in [5.74, 6) is 0.381. The molecule has 1 N–H and O–H groups in total. The van der Waals surface area contributed by atoms with Gasteiger partial charge in [0.1, 0.15) is 11.9 Å². The van der Waals surface area contributed by atoms with Gasteiger partial charge in [-0.1, -0.05) is 13.8 Å². The number of hydrogen-bond acceptors (Lipinski definition) is 8. The summed E-state index contributed by atoms with van der Waals surface area (Å²) < 4.78 is 3.16. The zero-order chi connectivity index (χ0) is 29.7. The molecule has 1 aliphatic heterocycles. The van der Waals surface area contributed by atoms with Crippen molar-refractivity contribution in [2.45, 2.75) is 59.5 Å². The third-order valence-electron chi connectivity index (χ3n) is 7.67. The van der Waals surface area contributed by atoms with E-state index in [2.05, 4.69) is 21.1 Å². The molecule has 1 aliphatic rings. The number of piperazine rings is 1. The van der Waals surface area contributed by atoms with Crippen LogP contribution in [0.25, 0.3) is 28.0 Å². The van der Waals surface area contributed by atoms with Crippen molar-refractivity contribution in [3.05, 3.63) is 57.5 Å². The van der Waals surface area contributed by atoms with Gasteiger partial charge in [0.05, 0.1) is 33.7 Å². The Morgan fingerprint density at radius 3 is 2.51 bits per heavy atom. The minimum atomic E-state index is -0.990. The Morgan fingerprint density at radius 1 is 1.17 bits per heavy atom. The number of carbonyl (C=O) groups is 1. The number of nitrogens with zero attached hydrogens (tertiary/aromatic N) is 9. The molecule has 0 radical (unpaired) electrons. The number of hydrogen-bond donors (Lipinski definition) is 1. The molecule has 0 aliphatic carbocycles. The van der Waals surface area contributed by atoms with Crippen LogP contribution in [0.2, 0.25) is 0 Å². The van der Waals surface area contributed by atoms with Crippen LogP contribution in [0.5, 0.6) is 0 Å².